The molecule has 5 heteroatoms. The summed E-state index contributed by atoms with van der Waals surface area (Å²) in [4.78, 5) is 13.8. The molecule has 0 spiro atoms. The first-order valence-electron chi connectivity index (χ1n) is 11.1. The maximum atomic E-state index is 13.8. The first-order valence-corrected chi connectivity index (χ1v) is 11.1. The minimum Gasteiger partial charge on any atom is -0.265 e. The average molecular weight is 441 g/mol. The highest BCUT2D eigenvalue weighted by atomic mass is 16.1. The number of hydrogen-bond donors (Lipinski definition) is 0. The topological polar surface area (TPSA) is 52.7 Å². The number of aromatic nitrogens is 4. The summed E-state index contributed by atoms with van der Waals surface area (Å²) in [5.41, 5.74) is 5.12. The molecule has 0 radical (unpaired) electrons. The van der Waals surface area contributed by atoms with Crippen molar-refractivity contribution in [2.45, 2.75) is 0 Å². The van der Waals surface area contributed by atoms with Crippen molar-refractivity contribution in [3.05, 3.63) is 132 Å². The van der Waals surface area contributed by atoms with E-state index in [2.05, 4.69) is 0 Å². The Labute approximate surface area is 196 Å². The van der Waals surface area contributed by atoms with Crippen LogP contribution in [0.5, 0.6) is 0 Å². The van der Waals surface area contributed by atoms with Gasteiger partial charge in [-0.05, 0) is 24.3 Å². The van der Waals surface area contributed by atoms with Crippen LogP contribution in [0, 0.1) is 0 Å². The van der Waals surface area contributed by atoms with Gasteiger partial charge in [-0.25, -0.2) is 4.68 Å². The molecule has 0 atom stereocenters. The van der Waals surface area contributed by atoms with Gasteiger partial charge in [-0.1, -0.05) is 97.1 Å². The van der Waals surface area contributed by atoms with Crippen LogP contribution in [0.1, 0.15) is 0 Å². The van der Waals surface area contributed by atoms with E-state index in [1.54, 1.807) is 0 Å². The molecular weight excluding hydrogens is 420 g/mol. The summed E-state index contributed by atoms with van der Waals surface area (Å²) in [6.07, 6.45) is 0. The molecule has 6 aromatic rings. The van der Waals surface area contributed by atoms with Crippen molar-refractivity contribution >= 4 is 10.9 Å². The fraction of sp³-hybridized carbons (Fsp3) is 0. The Morgan fingerprint density at radius 1 is 0.500 bits per heavy atom. The molecule has 2 heterocycles. The van der Waals surface area contributed by atoms with Crippen LogP contribution < -0.4 is 5.56 Å². The van der Waals surface area contributed by atoms with E-state index in [9.17, 15) is 4.79 Å². The standard InChI is InChI=1S/C29H20N4O/c34-29-27-25(26(21-13-5-1-6-14-21)30-33(29)24-19-11-4-12-20-24)28(22-15-7-2-8-16-22)32(31-27)23-17-9-3-10-18-23/h1-20H. The summed E-state index contributed by atoms with van der Waals surface area (Å²) in [6, 6.07) is 39.3. The van der Waals surface area contributed by atoms with Crippen LogP contribution in [-0.2, 0) is 0 Å². The highest BCUT2D eigenvalue weighted by Crippen LogP contribution is 2.35. The molecule has 2 aromatic heterocycles. The predicted molar refractivity (Wildman–Crippen MR) is 135 cm³/mol. The summed E-state index contributed by atoms with van der Waals surface area (Å²) < 4.78 is 3.30. The van der Waals surface area contributed by atoms with Crippen molar-refractivity contribution in [3.8, 4) is 33.9 Å². The van der Waals surface area contributed by atoms with E-state index in [4.69, 9.17) is 10.2 Å². The smallest absolute Gasteiger partial charge is 0.265 e. The van der Waals surface area contributed by atoms with Crippen molar-refractivity contribution in [2.75, 3.05) is 0 Å². The number of hydrogen-bond acceptors (Lipinski definition) is 3. The molecule has 5 nitrogen and oxygen atoms in total. The highest BCUT2D eigenvalue weighted by molar-refractivity contribution is 6.02. The van der Waals surface area contributed by atoms with Gasteiger partial charge in [0, 0.05) is 11.1 Å². The molecule has 0 N–H and O–H groups in total. The van der Waals surface area contributed by atoms with Crippen LogP contribution >= 0.6 is 0 Å². The SMILES string of the molecule is O=c1c2nn(-c3ccccc3)c(-c3ccccc3)c2c(-c2ccccc2)nn1-c1ccccc1. The molecule has 0 aliphatic heterocycles. The Balaban J connectivity index is 1.80. The molecule has 4 aromatic carbocycles. The van der Waals surface area contributed by atoms with Gasteiger partial charge in [0.15, 0.2) is 5.52 Å². The van der Waals surface area contributed by atoms with Gasteiger partial charge < -0.3 is 0 Å². The summed E-state index contributed by atoms with van der Waals surface area (Å²) in [6.45, 7) is 0. The van der Waals surface area contributed by atoms with Crippen molar-refractivity contribution in [3.63, 3.8) is 0 Å². The third kappa shape index (κ3) is 3.31. The van der Waals surface area contributed by atoms with Crippen LogP contribution in [0.2, 0.25) is 0 Å². The van der Waals surface area contributed by atoms with Crippen molar-refractivity contribution in [2.24, 2.45) is 0 Å². The number of benzene rings is 4. The second-order valence-electron chi connectivity index (χ2n) is 7.95. The summed E-state index contributed by atoms with van der Waals surface area (Å²) in [5.74, 6) is 0. The highest BCUT2D eigenvalue weighted by Gasteiger charge is 2.24. The Morgan fingerprint density at radius 2 is 0.971 bits per heavy atom. The number of rotatable bonds is 4. The third-order valence-corrected chi connectivity index (χ3v) is 5.81. The molecule has 6 rings (SSSR count). The average Bonchev–Trinajstić information content (AvgIpc) is 3.32. The normalized spacial score (nSPS) is 11.1. The Kier molecular flexibility index (Phi) is 4.85. The molecule has 0 saturated carbocycles. The summed E-state index contributed by atoms with van der Waals surface area (Å²) >= 11 is 0. The maximum absolute atomic E-state index is 13.8. The maximum Gasteiger partial charge on any atom is 0.299 e. The first-order chi connectivity index (χ1) is 16.8. The van der Waals surface area contributed by atoms with Gasteiger partial charge in [-0.3, -0.25) is 4.79 Å². The van der Waals surface area contributed by atoms with Gasteiger partial charge in [0.2, 0.25) is 0 Å². The number of fused-ring (bicyclic) bond motifs is 1. The second kappa shape index (κ2) is 8.30. The van der Waals surface area contributed by atoms with E-state index in [1.807, 2.05) is 126 Å². The van der Waals surface area contributed by atoms with Gasteiger partial charge in [0.1, 0.15) is 5.69 Å². The van der Waals surface area contributed by atoms with Crippen molar-refractivity contribution in [1.29, 1.82) is 0 Å². The molecule has 162 valence electrons. The molecule has 0 aliphatic rings. The van der Waals surface area contributed by atoms with Gasteiger partial charge in [0.05, 0.1) is 22.5 Å². The lowest BCUT2D eigenvalue weighted by molar-refractivity contribution is 0.819. The van der Waals surface area contributed by atoms with Crippen LogP contribution in [0.3, 0.4) is 0 Å². The van der Waals surface area contributed by atoms with Gasteiger partial charge >= 0.3 is 0 Å². The first kappa shape index (κ1) is 19.9. The number of para-hydroxylation sites is 2. The van der Waals surface area contributed by atoms with E-state index < -0.39 is 0 Å². The lowest BCUT2D eigenvalue weighted by atomic mass is 10.0. The molecule has 0 aliphatic carbocycles. The fourth-order valence-corrected chi connectivity index (χ4v) is 4.25. The summed E-state index contributed by atoms with van der Waals surface area (Å²) in [5, 5.41) is 10.5. The van der Waals surface area contributed by atoms with Gasteiger partial charge in [-0.2, -0.15) is 14.9 Å². The van der Waals surface area contributed by atoms with E-state index in [0.29, 0.717) is 16.9 Å². The minimum atomic E-state index is -0.257. The van der Waals surface area contributed by atoms with E-state index in [-0.39, 0.29) is 5.56 Å². The molecule has 0 unspecified atom stereocenters. The zero-order valence-electron chi connectivity index (χ0n) is 18.2. The zero-order chi connectivity index (χ0) is 22.9. The largest absolute Gasteiger partial charge is 0.299 e. The lowest BCUT2D eigenvalue weighted by Crippen LogP contribution is -2.22. The quantitative estimate of drug-likeness (QED) is 0.343. The molecule has 0 bridgehead atoms. The van der Waals surface area contributed by atoms with Crippen LogP contribution in [0.25, 0.3) is 44.8 Å². The van der Waals surface area contributed by atoms with E-state index in [1.165, 1.54) is 4.68 Å². The Morgan fingerprint density at radius 3 is 1.53 bits per heavy atom. The summed E-state index contributed by atoms with van der Waals surface area (Å²) in [7, 11) is 0. The predicted octanol–water partition coefficient (Wildman–Crippen LogP) is 5.91. The molecule has 0 fully saturated rings. The monoisotopic (exact) mass is 440 g/mol. The van der Waals surface area contributed by atoms with Crippen molar-refractivity contribution < 1.29 is 0 Å². The lowest BCUT2D eigenvalue weighted by Gasteiger charge is -2.11. The molecular formula is C29H20N4O. The Hall–Kier alpha value is -4.77. The zero-order valence-corrected chi connectivity index (χ0v) is 18.2. The molecule has 0 amide bonds. The van der Waals surface area contributed by atoms with Crippen LogP contribution in [-0.4, -0.2) is 19.6 Å². The second-order valence-corrected chi connectivity index (χ2v) is 7.95. The van der Waals surface area contributed by atoms with Crippen LogP contribution in [0.15, 0.2) is 126 Å². The Bertz CT molecular complexity index is 1640. The van der Waals surface area contributed by atoms with E-state index >= 15 is 0 Å². The van der Waals surface area contributed by atoms with Gasteiger partial charge in [0.25, 0.3) is 5.56 Å². The van der Waals surface area contributed by atoms with Crippen LogP contribution in [0.4, 0.5) is 0 Å². The minimum absolute atomic E-state index is 0.257. The van der Waals surface area contributed by atoms with Crippen molar-refractivity contribution in [1.82, 2.24) is 19.6 Å². The van der Waals surface area contributed by atoms with Gasteiger partial charge in [-0.15, -0.1) is 0 Å². The molecule has 34 heavy (non-hydrogen) atoms. The van der Waals surface area contributed by atoms with E-state index in [0.717, 1.165) is 27.9 Å². The third-order valence-electron chi connectivity index (χ3n) is 5.81. The number of nitrogens with zero attached hydrogens (tertiary/aromatic N) is 4. The fourth-order valence-electron chi connectivity index (χ4n) is 4.25. The molecule has 0 saturated heterocycles.